The van der Waals surface area contributed by atoms with Gasteiger partial charge in [0.1, 0.15) is 0 Å². The number of nitrogens with zero attached hydrogens (tertiary/aromatic N) is 1. The highest BCUT2D eigenvalue weighted by atomic mass is 32.2. The zero-order valence-corrected chi connectivity index (χ0v) is 16.5. The third-order valence-electron chi connectivity index (χ3n) is 4.67. The molecule has 0 atom stereocenters. The van der Waals surface area contributed by atoms with E-state index < -0.39 is 10.0 Å². The van der Waals surface area contributed by atoms with Crippen molar-refractivity contribution in [1.82, 2.24) is 4.72 Å². The monoisotopic (exact) mass is 399 g/mol. The summed E-state index contributed by atoms with van der Waals surface area (Å²) in [6, 6.07) is 13.7. The second kappa shape index (κ2) is 9.03. The summed E-state index contributed by atoms with van der Waals surface area (Å²) in [7, 11) is -3.69. The Bertz CT molecular complexity index is 951. The van der Waals surface area contributed by atoms with Gasteiger partial charge in [0.15, 0.2) is 0 Å². The Labute approximate surface area is 166 Å². The van der Waals surface area contributed by atoms with Crippen LogP contribution < -0.4 is 14.9 Å². The fourth-order valence-electron chi connectivity index (χ4n) is 3.24. The van der Waals surface area contributed by atoms with Gasteiger partial charge in [0.2, 0.25) is 10.0 Å². The van der Waals surface area contributed by atoms with Gasteiger partial charge in [0, 0.05) is 25.2 Å². The fraction of sp³-hybridized carbons (Fsp3) is 0.286. The summed E-state index contributed by atoms with van der Waals surface area (Å²) >= 11 is 0. The Balaban J connectivity index is 1.81. The van der Waals surface area contributed by atoms with Crippen molar-refractivity contribution in [2.24, 2.45) is 0 Å². The quantitative estimate of drug-likeness (QED) is 0.700. The van der Waals surface area contributed by atoms with Gasteiger partial charge in [-0.2, -0.15) is 0 Å². The summed E-state index contributed by atoms with van der Waals surface area (Å²) in [5.74, 6) is -0.342. The third kappa shape index (κ3) is 4.79. The van der Waals surface area contributed by atoms with Crippen LogP contribution in [0, 0.1) is 0 Å². The number of piperidine rings is 1. The molecule has 1 aliphatic rings. The van der Waals surface area contributed by atoms with Gasteiger partial charge in [-0.25, -0.2) is 13.1 Å². The largest absolute Gasteiger partial charge is 0.370 e. The lowest BCUT2D eigenvalue weighted by molar-refractivity contribution is 0.102. The minimum Gasteiger partial charge on any atom is -0.370 e. The van der Waals surface area contributed by atoms with Crippen LogP contribution in [0.1, 0.15) is 29.6 Å². The number of para-hydroxylation sites is 2. The van der Waals surface area contributed by atoms with E-state index in [2.05, 4.69) is 21.5 Å². The second-order valence-electron chi connectivity index (χ2n) is 6.69. The van der Waals surface area contributed by atoms with E-state index in [4.69, 9.17) is 0 Å². The summed E-state index contributed by atoms with van der Waals surface area (Å²) in [5.41, 5.74) is 2.01. The maximum Gasteiger partial charge on any atom is 0.255 e. The first-order valence-electron chi connectivity index (χ1n) is 9.37. The van der Waals surface area contributed by atoms with Crippen molar-refractivity contribution in [2.75, 3.05) is 29.9 Å². The first-order chi connectivity index (χ1) is 13.5. The molecule has 28 heavy (non-hydrogen) atoms. The van der Waals surface area contributed by atoms with Crippen molar-refractivity contribution >= 4 is 27.3 Å². The van der Waals surface area contributed by atoms with Crippen molar-refractivity contribution in [3.8, 4) is 0 Å². The number of rotatable bonds is 7. The lowest BCUT2D eigenvalue weighted by Crippen LogP contribution is -2.30. The van der Waals surface area contributed by atoms with Crippen LogP contribution >= 0.6 is 0 Å². The molecule has 1 heterocycles. The van der Waals surface area contributed by atoms with E-state index >= 15 is 0 Å². The SMILES string of the molecule is C=CCNS(=O)(=O)c1cccc(C(=O)Nc2ccccc2N2CCCCC2)c1. The van der Waals surface area contributed by atoms with Crippen LogP contribution in [0.3, 0.4) is 0 Å². The van der Waals surface area contributed by atoms with Crippen molar-refractivity contribution in [1.29, 1.82) is 0 Å². The standard InChI is InChI=1S/C21H25N3O3S/c1-2-13-22-28(26,27)18-10-8-9-17(16-18)21(25)23-19-11-4-5-12-20(19)24-14-6-3-7-15-24/h2,4-5,8-12,16,22H,1,3,6-7,13-15H2,(H,23,25). The van der Waals surface area contributed by atoms with Crippen molar-refractivity contribution < 1.29 is 13.2 Å². The molecule has 0 saturated carbocycles. The molecule has 3 rings (SSSR count). The molecule has 0 radical (unpaired) electrons. The van der Waals surface area contributed by atoms with E-state index in [1.807, 2.05) is 24.3 Å². The maximum atomic E-state index is 12.8. The average molecular weight is 400 g/mol. The van der Waals surface area contributed by atoms with Gasteiger partial charge in [0.25, 0.3) is 5.91 Å². The van der Waals surface area contributed by atoms with Gasteiger partial charge in [-0.3, -0.25) is 4.79 Å². The number of benzene rings is 2. The Hall–Kier alpha value is -2.64. The van der Waals surface area contributed by atoms with Crippen molar-refractivity contribution in [2.45, 2.75) is 24.2 Å². The highest BCUT2D eigenvalue weighted by Gasteiger charge is 2.18. The van der Waals surface area contributed by atoms with Crippen molar-refractivity contribution in [3.05, 3.63) is 66.7 Å². The molecule has 1 amide bonds. The topological polar surface area (TPSA) is 78.5 Å². The van der Waals surface area contributed by atoms with E-state index in [1.54, 1.807) is 12.1 Å². The van der Waals surface area contributed by atoms with Crippen LogP contribution in [0.25, 0.3) is 0 Å². The minimum atomic E-state index is -3.69. The van der Waals surface area contributed by atoms with Crippen LogP contribution in [0.5, 0.6) is 0 Å². The molecular weight excluding hydrogens is 374 g/mol. The molecule has 0 unspecified atom stereocenters. The molecule has 1 fully saturated rings. The predicted octanol–water partition coefficient (Wildman–Crippen LogP) is 3.39. The van der Waals surface area contributed by atoms with Gasteiger partial charge in [-0.15, -0.1) is 6.58 Å². The van der Waals surface area contributed by atoms with Gasteiger partial charge >= 0.3 is 0 Å². The molecule has 7 heteroatoms. The molecule has 2 aromatic rings. The molecule has 0 aromatic heterocycles. The van der Waals surface area contributed by atoms with Gasteiger partial charge < -0.3 is 10.2 Å². The third-order valence-corrected chi connectivity index (χ3v) is 6.09. The molecule has 0 bridgehead atoms. The molecule has 2 N–H and O–H groups in total. The number of anilines is 2. The Morgan fingerprint density at radius 2 is 1.82 bits per heavy atom. The molecule has 0 spiro atoms. The van der Waals surface area contributed by atoms with Crippen LogP contribution in [-0.4, -0.2) is 34.0 Å². The number of hydrogen-bond acceptors (Lipinski definition) is 4. The Morgan fingerprint density at radius 3 is 2.57 bits per heavy atom. The summed E-state index contributed by atoms with van der Waals surface area (Å²) < 4.78 is 27.0. The van der Waals surface area contributed by atoms with Gasteiger partial charge in [0.05, 0.1) is 16.3 Å². The van der Waals surface area contributed by atoms with Gasteiger partial charge in [-0.05, 0) is 49.6 Å². The molecule has 1 aliphatic heterocycles. The van der Waals surface area contributed by atoms with E-state index in [0.29, 0.717) is 0 Å². The fourth-order valence-corrected chi connectivity index (χ4v) is 4.28. The molecule has 1 saturated heterocycles. The zero-order chi connectivity index (χ0) is 20.0. The summed E-state index contributed by atoms with van der Waals surface area (Å²) in [5, 5.41) is 2.93. The summed E-state index contributed by atoms with van der Waals surface area (Å²) in [4.78, 5) is 15.1. The first-order valence-corrected chi connectivity index (χ1v) is 10.9. The van der Waals surface area contributed by atoms with E-state index in [1.165, 1.54) is 24.6 Å². The number of hydrogen-bond donors (Lipinski definition) is 2. The number of amides is 1. The van der Waals surface area contributed by atoms with Gasteiger partial charge in [-0.1, -0.05) is 24.3 Å². The zero-order valence-electron chi connectivity index (χ0n) is 15.7. The molecule has 148 valence electrons. The van der Waals surface area contributed by atoms with Crippen LogP contribution in [0.2, 0.25) is 0 Å². The summed E-state index contributed by atoms with van der Waals surface area (Å²) in [6.45, 7) is 5.56. The van der Waals surface area contributed by atoms with E-state index in [9.17, 15) is 13.2 Å². The highest BCUT2D eigenvalue weighted by Crippen LogP contribution is 2.28. The number of sulfonamides is 1. The number of nitrogens with one attached hydrogen (secondary N) is 2. The first kappa shape index (κ1) is 20.1. The highest BCUT2D eigenvalue weighted by molar-refractivity contribution is 7.89. The normalized spacial score (nSPS) is 14.5. The maximum absolute atomic E-state index is 12.8. The predicted molar refractivity (Wildman–Crippen MR) is 112 cm³/mol. The average Bonchev–Trinajstić information content (AvgIpc) is 2.73. The van der Waals surface area contributed by atoms with Crippen molar-refractivity contribution in [3.63, 3.8) is 0 Å². The van der Waals surface area contributed by atoms with E-state index in [0.717, 1.165) is 37.3 Å². The molecule has 2 aromatic carbocycles. The lowest BCUT2D eigenvalue weighted by Gasteiger charge is -2.30. The molecular formula is C21H25N3O3S. The number of carbonyl (C=O) groups is 1. The number of carbonyl (C=O) groups excluding carboxylic acids is 1. The van der Waals surface area contributed by atoms with E-state index in [-0.39, 0.29) is 22.9 Å². The molecule has 6 nitrogen and oxygen atoms in total. The minimum absolute atomic E-state index is 0.0475. The smallest absolute Gasteiger partial charge is 0.255 e. The summed E-state index contributed by atoms with van der Waals surface area (Å²) in [6.07, 6.45) is 4.97. The van der Waals surface area contributed by atoms with Crippen LogP contribution in [0.4, 0.5) is 11.4 Å². The Kier molecular flexibility index (Phi) is 6.49. The van der Waals surface area contributed by atoms with Crippen LogP contribution in [0.15, 0.2) is 66.1 Å². The second-order valence-corrected chi connectivity index (χ2v) is 8.45. The molecule has 0 aliphatic carbocycles. The lowest BCUT2D eigenvalue weighted by atomic mass is 10.1. The van der Waals surface area contributed by atoms with Crippen LogP contribution in [-0.2, 0) is 10.0 Å². The Morgan fingerprint density at radius 1 is 1.07 bits per heavy atom.